The lowest BCUT2D eigenvalue weighted by Crippen LogP contribution is -2.26. The minimum atomic E-state index is -1.54. The monoisotopic (exact) mass is 272 g/mol. The lowest BCUT2D eigenvalue weighted by Gasteiger charge is -2.23. The minimum absolute atomic E-state index is 0.960. The van der Waals surface area contributed by atoms with Crippen molar-refractivity contribution in [1.82, 2.24) is 0 Å². The molecule has 0 heterocycles. The standard InChI is InChI=1S/C13H28O2Si2/c1-9-10-13(15-17(6,7)8)11-12(2)14-16(3,4)5/h10-11H,9H2,1-8H3. The molecule has 100 valence electrons. The maximum atomic E-state index is 6.02. The summed E-state index contributed by atoms with van der Waals surface area (Å²) in [4.78, 5) is 0. The Labute approximate surface area is 109 Å². The predicted octanol–water partition coefficient (Wildman–Crippen LogP) is 4.89. The van der Waals surface area contributed by atoms with Crippen molar-refractivity contribution in [3.8, 4) is 0 Å². The van der Waals surface area contributed by atoms with E-state index in [2.05, 4.69) is 52.3 Å². The lowest BCUT2D eigenvalue weighted by molar-refractivity contribution is 0.404. The summed E-state index contributed by atoms with van der Waals surface area (Å²) in [6, 6.07) is 0. The Morgan fingerprint density at radius 2 is 1.41 bits per heavy atom. The molecule has 0 radical (unpaired) electrons. The van der Waals surface area contributed by atoms with Crippen LogP contribution < -0.4 is 0 Å². The van der Waals surface area contributed by atoms with Crippen LogP contribution in [0.15, 0.2) is 23.7 Å². The van der Waals surface area contributed by atoms with Crippen LogP contribution in [-0.4, -0.2) is 16.6 Å². The predicted molar refractivity (Wildman–Crippen MR) is 81.0 cm³/mol. The van der Waals surface area contributed by atoms with Gasteiger partial charge in [-0.05, 0) is 58.7 Å². The van der Waals surface area contributed by atoms with E-state index in [1.807, 2.05) is 13.0 Å². The van der Waals surface area contributed by atoms with E-state index < -0.39 is 16.6 Å². The number of rotatable bonds is 6. The van der Waals surface area contributed by atoms with Gasteiger partial charge in [-0.2, -0.15) is 0 Å². The molecule has 0 spiro atoms. The van der Waals surface area contributed by atoms with Crippen molar-refractivity contribution < 1.29 is 8.85 Å². The van der Waals surface area contributed by atoms with Crippen molar-refractivity contribution in [2.45, 2.75) is 59.6 Å². The van der Waals surface area contributed by atoms with E-state index in [-0.39, 0.29) is 0 Å². The fourth-order valence-corrected chi connectivity index (χ4v) is 3.27. The molecule has 0 aliphatic heterocycles. The van der Waals surface area contributed by atoms with Crippen LogP contribution in [0.4, 0.5) is 0 Å². The van der Waals surface area contributed by atoms with Crippen molar-refractivity contribution in [2.24, 2.45) is 0 Å². The molecule has 0 aromatic carbocycles. The van der Waals surface area contributed by atoms with Crippen molar-refractivity contribution in [1.29, 1.82) is 0 Å². The highest BCUT2D eigenvalue weighted by molar-refractivity contribution is 6.70. The fraction of sp³-hybridized carbons (Fsp3) is 0.692. The van der Waals surface area contributed by atoms with Gasteiger partial charge in [0.05, 0.1) is 5.76 Å². The average Bonchev–Trinajstić information content (AvgIpc) is 1.95. The molecule has 0 aliphatic rings. The van der Waals surface area contributed by atoms with Gasteiger partial charge < -0.3 is 8.85 Å². The fourth-order valence-electron chi connectivity index (χ4n) is 1.40. The zero-order valence-electron chi connectivity index (χ0n) is 12.7. The van der Waals surface area contributed by atoms with Gasteiger partial charge in [-0.3, -0.25) is 0 Å². The molecule has 0 atom stereocenters. The Morgan fingerprint density at radius 3 is 1.76 bits per heavy atom. The molecule has 0 N–H and O–H groups in total. The first-order chi connectivity index (χ1) is 7.53. The topological polar surface area (TPSA) is 18.5 Å². The van der Waals surface area contributed by atoms with E-state index in [0.717, 1.165) is 17.9 Å². The van der Waals surface area contributed by atoms with Crippen molar-refractivity contribution in [3.05, 3.63) is 23.7 Å². The zero-order valence-corrected chi connectivity index (χ0v) is 14.7. The first kappa shape index (κ1) is 16.5. The third kappa shape index (κ3) is 10.4. The maximum absolute atomic E-state index is 6.02. The molecular formula is C13H28O2Si2. The molecule has 0 amide bonds. The molecule has 0 rings (SSSR count). The molecule has 0 saturated heterocycles. The summed E-state index contributed by atoms with van der Waals surface area (Å²) < 4.78 is 11.9. The van der Waals surface area contributed by atoms with Crippen LogP contribution in [0.5, 0.6) is 0 Å². The second-order valence-corrected chi connectivity index (χ2v) is 15.1. The Bertz CT molecular complexity index is 294. The SMILES string of the molecule is CCC=C(C=C(C)O[Si](C)(C)C)O[Si](C)(C)C. The quantitative estimate of drug-likeness (QED) is 0.389. The summed E-state index contributed by atoms with van der Waals surface area (Å²) in [6.45, 7) is 17.3. The largest absolute Gasteiger partial charge is 0.547 e. The summed E-state index contributed by atoms with van der Waals surface area (Å²) in [5, 5.41) is 0. The third-order valence-electron chi connectivity index (χ3n) is 1.64. The maximum Gasteiger partial charge on any atom is 0.242 e. The van der Waals surface area contributed by atoms with Crippen LogP contribution >= 0.6 is 0 Å². The number of hydrogen-bond donors (Lipinski definition) is 0. The first-order valence-corrected chi connectivity index (χ1v) is 13.1. The summed E-state index contributed by atoms with van der Waals surface area (Å²) in [6.07, 6.45) is 5.13. The van der Waals surface area contributed by atoms with Crippen LogP contribution in [0.1, 0.15) is 20.3 Å². The Hall–Kier alpha value is -0.486. The van der Waals surface area contributed by atoms with Crippen molar-refractivity contribution in [3.63, 3.8) is 0 Å². The molecule has 0 unspecified atom stereocenters. The zero-order chi connectivity index (χ0) is 13.7. The molecule has 17 heavy (non-hydrogen) atoms. The Kier molecular flexibility index (Phi) is 6.26. The molecular weight excluding hydrogens is 244 g/mol. The van der Waals surface area contributed by atoms with Gasteiger partial charge in [0.1, 0.15) is 5.76 Å². The van der Waals surface area contributed by atoms with Crippen LogP contribution in [0, 0.1) is 0 Å². The van der Waals surface area contributed by atoms with Gasteiger partial charge in [-0.1, -0.05) is 6.92 Å². The molecule has 0 fully saturated rings. The summed E-state index contributed by atoms with van der Waals surface area (Å²) in [5.41, 5.74) is 0. The van der Waals surface area contributed by atoms with Crippen LogP contribution in [0.3, 0.4) is 0 Å². The molecule has 0 aliphatic carbocycles. The molecule has 0 bridgehead atoms. The van der Waals surface area contributed by atoms with Gasteiger partial charge in [0.15, 0.2) is 0 Å². The summed E-state index contributed by atoms with van der Waals surface area (Å²) >= 11 is 0. The Balaban J connectivity index is 4.76. The lowest BCUT2D eigenvalue weighted by atomic mass is 10.3. The van der Waals surface area contributed by atoms with Crippen molar-refractivity contribution in [2.75, 3.05) is 0 Å². The van der Waals surface area contributed by atoms with E-state index in [0.29, 0.717) is 0 Å². The van der Waals surface area contributed by atoms with E-state index in [1.54, 1.807) is 0 Å². The normalized spacial score (nSPS) is 14.8. The van der Waals surface area contributed by atoms with Crippen molar-refractivity contribution >= 4 is 16.6 Å². The molecule has 4 heteroatoms. The number of allylic oxidation sites excluding steroid dienone is 3. The van der Waals surface area contributed by atoms with Crippen LogP contribution in [0.25, 0.3) is 0 Å². The second kappa shape index (κ2) is 6.45. The van der Waals surface area contributed by atoms with Crippen LogP contribution in [0.2, 0.25) is 39.3 Å². The van der Waals surface area contributed by atoms with Gasteiger partial charge >= 0.3 is 0 Å². The molecule has 0 aromatic rings. The highest BCUT2D eigenvalue weighted by atomic mass is 28.4. The van der Waals surface area contributed by atoms with E-state index in [1.165, 1.54) is 0 Å². The average molecular weight is 273 g/mol. The van der Waals surface area contributed by atoms with E-state index in [4.69, 9.17) is 8.85 Å². The van der Waals surface area contributed by atoms with E-state index in [9.17, 15) is 0 Å². The summed E-state index contributed by atoms with van der Waals surface area (Å²) in [5.74, 6) is 1.92. The smallest absolute Gasteiger partial charge is 0.242 e. The highest BCUT2D eigenvalue weighted by Crippen LogP contribution is 2.16. The highest BCUT2D eigenvalue weighted by Gasteiger charge is 2.18. The minimum Gasteiger partial charge on any atom is -0.547 e. The van der Waals surface area contributed by atoms with E-state index >= 15 is 0 Å². The van der Waals surface area contributed by atoms with Gasteiger partial charge in [0.25, 0.3) is 0 Å². The van der Waals surface area contributed by atoms with Gasteiger partial charge in [0, 0.05) is 6.08 Å². The second-order valence-electron chi connectivity index (χ2n) is 6.20. The third-order valence-corrected chi connectivity index (χ3v) is 3.42. The molecule has 2 nitrogen and oxygen atoms in total. The molecule has 0 aromatic heterocycles. The number of hydrogen-bond acceptors (Lipinski definition) is 2. The first-order valence-electron chi connectivity index (χ1n) is 6.30. The van der Waals surface area contributed by atoms with Gasteiger partial charge in [0.2, 0.25) is 16.6 Å². The Morgan fingerprint density at radius 1 is 0.941 bits per heavy atom. The van der Waals surface area contributed by atoms with Crippen LogP contribution in [-0.2, 0) is 8.85 Å². The summed E-state index contributed by atoms with van der Waals surface area (Å²) in [7, 11) is -3.05. The molecule has 0 saturated carbocycles. The van der Waals surface area contributed by atoms with Gasteiger partial charge in [-0.25, -0.2) is 0 Å². The van der Waals surface area contributed by atoms with Gasteiger partial charge in [-0.15, -0.1) is 0 Å².